The molecule has 0 spiro atoms. The predicted molar refractivity (Wildman–Crippen MR) is 96.9 cm³/mol. The van der Waals surface area contributed by atoms with Gasteiger partial charge in [0.2, 0.25) is 10.0 Å². The fourth-order valence-electron chi connectivity index (χ4n) is 1.87. The Balaban J connectivity index is 1.85. The third-order valence-electron chi connectivity index (χ3n) is 3.04. The number of hydrogen-bond acceptors (Lipinski definition) is 5. The summed E-state index contributed by atoms with van der Waals surface area (Å²) in [5, 5.41) is 8.95. The van der Waals surface area contributed by atoms with Crippen molar-refractivity contribution in [1.82, 2.24) is 4.72 Å². The van der Waals surface area contributed by atoms with Crippen molar-refractivity contribution in [3.63, 3.8) is 0 Å². The van der Waals surface area contributed by atoms with Gasteiger partial charge in [-0.1, -0.05) is 11.6 Å². The standard InChI is InChI=1S/C16H15ClFNO5S2/c17-11-1-4-13(5-2-11)26(22,23)19-7-8-25-12-3-6-15(14(18)9-12)24-10-16(20)21/h1-6,9,19H,7-8,10H2,(H,20,21). The van der Waals surface area contributed by atoms with Crippen molar-refractivity contribution >= 4 is 39.4 Å². The van der Waals surface area contributed by atoms with Crippen LogP contribution < -0.4 is 9.46 Å². The summed E-state index contributed by atoms with van der Waals surface area (Å²) in [6, 6.07) is 9.89. The van der Waals surface area contributed by atoms with Crippen molar-refractivity contribution < 1.29 is 27.4 Å². The van der Waals surface area contributed by atoms with E-state index in [0.717, 1.165) is 0 Å². The van der Waals surface area contributed by atoms with Gasteiger partial charge in [0.25, 0.3) is 0 Å². The number of rotatable bonds is 9. The molecule has 26 heavy (non-hydrogen) atoms. The smallest absolute Gasteiger partial charge is 0.341 e. The molecule has 140 valence electrons. The number of sulfonamides is 1. The zero-order chi connectivity index (χ0) is 19.2. The van der Waals surface area contributed by atoms with Gasteiger partial charge in [-0.25, -0.2) is 22.3 Å². The van der Waals surface area contributed by atoms with Gasteiger partial charge in [-0.2, -0.15) is 0 Å². The lowest BCUT2D eigenvalue weighted by Gasteiger charge is -2.08. The van der Waals surface area contributed by atoms with E-state index in [1.54, 1.807) is 6.07 Å². The molecule has 0 aliphatic carbocycles. The first kappa shape index (κ1) is 20.5. The van der Waals surface area contributed by atoms with Crippen molar-refractivity contribution in [3.05, 3.63) is 53.3 Å². The molecule has 0 fully saturated rings. The summed E-state index contributed by atoms with van der Waals surface area (Å²) in [4.78, 5) is 11.1. The van der Waals surface area contributed by atoms with Gasteiger partial charge in [-0.15, -0.1) is 11.8 Å². The lowest BCUT2D eigenvalue weighted by Crippen LogP contribution is -2.25. The highest BCUT2D eigenvalue weighted by atomic mass is 35.5. The van der Waals surface area contributed by atoms with Crippen LogP contribution in [0.4, 0.5) is 4.39 Å². The van der Waals surface area contributed by atoms with Crippen molar-refractivity contribution in [1.29, 1.82) is 0 Å². The zero-order valence-corrected chi connectivity index (χ0v) is 15.7. The van der Waals surface area contributed by atoms with Gasteiger partial charge < -0.3 is 9.84 Å². The zero-order valence-electron chi connectivity index (χ0n) is 13.3. The van der Waals surface area contributed by atoms with E-state index in [1.807, 2.05) is 0 Å². The second-order valence-corrected chi connectivity index (χ2v) is 8.35. The van der Waals surface area contributed by atoms with Crippen LogP contribution in [0, 0.1) is 5.82 Å². The van der Waals surface area contributed by atoms with E-state index in [9.17, 15) is 17.6 Å². The van der Waals surface area contributed by atoms with Crippen LogP contribution in [0.2, 0.25) is 5.02 Å². The van der Waals surface area contributed by atoms with Crippen LogP contribution in [0.1, 0.15) is 0 Å². The van der Waals surface area contributed by atoms with Gasteiger partial charge in [0.1, 0.15) is 0 Å². The number of carboxylic acid groups (broad SMARTS) is 1. The quantitative estimate of drug-likeness (QED) is 0.479. The summed E-state index contributed by atoms with van der Waals surface area (Å²) in [6.45, 7) is -0.482. The van der Waals surface area contributed by atoms with Gasteiger partial charge in [-0.3, -0.25) is 0 Å². The van der Waals surface area contributed by atoms with Crippen molar-refractivity contribution in [2.24, 2.45) is 0 Å². The maximum atomic E-state index is 13.8. The molecular formula is C16H15ClFNO5S2. The summed E-state index contributed by atoms with van der Waals surface area (Å²) >= 11 is 6.97. The summed E-state index contributed by atoms with van der Waals surface area (Å²) in [7, 11) is -3.63. The Morgan fingerprint density at radius 3 is 2.54 bits per heavy atom. The van der Waals surface area contributed by atoms with E-state index >= 15 is 0 Å². The monoisotopic (exact) mass is 419 g/mol. The Bertz CT molecular complexity index is 875. The molecule has 6 nitrogen and oxygen atoms in total. The van der Waals surface area contributed by atoms with Crippen LogP contribution in [-0.2, 0) is 14.8 Å². The minimum atomic E-state index is -3.63. The highest BCUT2D eigenvalue weighted by Gasteiger charge is 2.13. The van der Waals surface area contributed by atoms with Crippen molar-refractivity contribution in [2.75, 3.05) is 18.9 Å². The first-order valence-electron chi connectivity index (χ1n) is 7.30. The molecule has 2 aromatic carbocycles. The Morgan fingerprint density at radius 1 is 1.23 bits per heavy atom. The summed E-state index contributed by atoms with van der Waals surface area (Å²) in [5.74, 6) is -1.66. The van der Waals surface area contributed by atoms with Crippen molar-refractivity contribution in [3.8, 4) is 5.75 Å². The van der Waals surface area contributed by atoms with Gasteiger partial charge >= 0.3 is 5.97 Å². The molecule has 0 bridgehead atoms. The Morgan fingerprint density at radius 2 is 1.92 bits per heavy atom. The predicted octanol–water partition coefficient (Wildman–Crippen LogP) is 3.01. The summed E-state index contributed by atoms with van der Waals surface area (Å²) in [6.07, 6.45) is 0. The van der Waals surface area contributed by atoms with Crippen LogP contribution in [0.5, 0.6) is 5.75 Å². The second kappa shape index (κ2) is 9.22. The molecule has 0 radical (unpaired) electrons. The molecule has 0 heterocycles. The maximum absolute atomic E-state index is 13.8. The molecule has 2 rings (SSSR count). The normalized spacial score (nSPS) is 11.3. The number of carbonyl (C=O) groups is 1. The number of halogens is 2. The Hall–Kier alpha value is -1.81. The van der Waals surface area contributed by atoms with Gasteiger partial charge in [0.15, 0.2) is 18.2 Å². The van der Waals surface area contributed by atoms with Crippen LogP contribution >= 0.6 is 23.4 Å². The van der Waals surface area contributed by atoms with Crippen LogP contribution in [0.25, 0.3) is 0 Å². The van der Waals surface area contributed by atoms with Gasteiger partial charge in [-0.05, 0) is 42.5 Å². The number of carboxylic acids is 1. The number of aliphatic carboxylic acids is 1. The van der Waals surface area contributed by atoms with Crippen molar-refractivity contribution in [2.45, 2.75) is 9.79 Å². The minimum Gasteiger partial charge on any atom is -0.479 e. The number of benzene rings is 2. The maximum Gasteiger partial charge on any atom is 0.341 e. The third-order valence-corrected chi connectivity index (χ3v) is 5.77. The highest BCUT2D eigenvalue weighted by Crippen LogP contribution is 2.25. The molecule has 2 aromatic rings. The van der Waals surface area contributed by atoms with E-state index < -0.39 is 28.4 Å². The highest BCUT2D eigenvalue weighted by molar-refractivity contribution is 7.99. The molecule has 0 aliphatic rings. The van der Waals surface area contributed by atoms with Gasteiger partial charge in [0, 0.05) is 22.2 Å². The molecule has 0 unspecified atom stereocenters. The van der Waals surface area contributed by atoms with E-state index in [-0.39, 0.29) is 17.2 Å². The largest absolute Gasteiger partial charge is 0.479 e. The molecular weight excluding hydrogens is 405 g/mol. The molecule has 0 amide bonds. The molecule has 0 atom stereocenters. The average Bonchev–Trinajstić information content (AvgIpc) is 2.58. The average molecular weight is 420 g/mol. The lowest BCUT2D eigenvalue weighted by atomic mass is 10.3. The Kier molecular flexibility index (Phi) is 7.27. The van der Waals surface area contributed by atoms with E-state index in [2.05, 4.69) is 4.72 Å². The Labute approximate surface area is 159 Å². The third kappa shape index (κ3) is 6.17. The van der Waals surface area contributed by atoms with Gasteiger partial charge in [0.05, 0.1) is 4.90 Å². The molecule has 0 aromatic heterocycles. The fourth-order valence-corrected chi connectivity index (χ4v) is 3.95. The van der Waals surface area contributed by atoms with E-state index in [0.29, 0.717) is 15.7 Å². The first-order valence-corrected chi connectivity index (χ1v) is 10.1. The van der Waals surface area contributed by atoms with Crippen LogP contribution in [0.3, 0.4) is 0 Å². The number of nitrogens with one attached hydrogen (secondary N) is 1. The molecule has 0 saturated heterocycles. The molecule has 2 N–H and O–H groups in total. The number of hydrogen-bond donors (Lipinski definition) is 2. The second-order valence-electron chi connectivity index (χ2n) is 4.97. The van der Waals surface area contributed by atoms with E-state index in [1.165, 1.54) is 48.2 Å². The first-order chi connectivity index (χ1) is 12.3. The lowest BCUT2D eigenvalue weighted by molar-refractivity contribution is -0.139. The molecule has 0 aliphatic heterocycles. The molecule has 10 heteroatoms. The fraction of sp³-hybridized carbons (Fsp3) is 0.188. The van der Waals surface area contributed by atoms with Crippen LogP contribution in [-0.4, -0.2) is 38.4 Å². The summed E-state index contributed by atoms with van der Waals surface area (Å²) in [5.41, 5.74) is 0. The topological polar surface area (TPSA) is 92.7 Å². The SMILES string of the molecule is O=C(O)COc1ccc(SCCNS(=O)(=O)c2ccc(Cl)cc2)cc1F. The van der Waals surface area contributed by atoms with Crippen LogP contribution in [0.15, 0.2) is 52.3 Å². The number of ether oxygens (including phenoxy) is 1. The minimum absolute atomic E-state index is 0.109. The summed E-state index contributed by atoms with van der Waals surface area (Å²) < 4.78 is 45.2. The van der Waals surface area contributed by atoms with E-state index in [4.69, 9.17) is 21.4 Å². The number of thioether (sulfide) groups is 1. The molecule has 0 saturated carbocycles.